The molecule has 0 saturated heterocycles. The summed E-state index contributed by atoms with van der Waals surface area (Å²) in [5.41, 5.74) is 2.79. The van der Waals surface area contributed by atoms with Crippen LogP contribution in [0.3, 0.4) is 0 Å². The molecule has 5 nitrogen and oxygen atoms in total. The molecule has 0 bridgehead atoms. The first-order valence-corrected chi connectivity index (χ1v) is 8.12. The Kier molecular flexibility index (Phi) is 6.14. The predicted molar refractivity (Wildman–Crippen MR) is 100 cm³/mol. The Morgan fingerprint density at radius 1 is 1.08 bits per heavy atom. The zero-order valence-electron chi connectivity index (χ0n) is 13.2. The minimum atomic E-state index is -0.308. The molecule has 0 fully saturated rings. The second-order valence-corrected chi connectivity index (χ2v) is 6.03. The molecule has 0 unspecified atom stereocenters. The van der Waals surface area contributed by atoms with E-state index in [0.29, 0.717) is 23.5 Å². The number of nitrogens with one attached hydrogen (secondary N) is 3. The summed E-state index contributed by atoms with van der Waals surface area (Å²) in [6.45, 7) is 5.81. The Morgan fingerprint density at radius 2 is 1.71 bits per heavy atom. The molecule has 0 aliphatic carbocycles. The Bertz CT molecular complexity index is 757. The average Bonchev–Trinajstić information content (AvgIpc) is 2.54. The molecule has 0 aromatic heterocycles. The van der Waals surface area contributed by atoms with E-state index in [1.54, 1.807) is 36.4 Å². The highest BCUT2D eigenvalue weighted by Crippen LogP contribution is 2.18. The summed E-state index contributed by atoms with van der Waals surface area (Å²) in [5, 5.41) is 8.14. The molecular weight excluding hydrogens is 370 g/mol. The monoisotopic (exact) mass is 387 g/mol. The van der Waals surface area contributed by atoms with Gasteiger partial charge in [-0.3, -0.25) is 4.79 Å². The van der Waals surface area contributed by atoms with Gasteiger partial charge in [-0.25, -0.2) is 4.79 Å². The molecule has 124 valence electrons. The minimum absolute atomic E-state index is 0.176. The summed E-state index contributed by atoms with van der Waals surface area (Å²) in [7, 11) is 0. The van der Waals surface area contributed by atoms with Gasteiger partial charge in [-0.05, 0) is 55.0 Å². The molecule has 0 aliphatic rings. The predicted octanol–water partition coefficient (Wildman–Crippen LogP) is 4.32. The lowest BCUT2D eigenvalue weighted by molar-refractivity contribution is 0.102. The van der Waals surface area contributed by atoms with Gasteiger partial charge in [-0.15, -0.1) is 6.58 Å². The fourth-order valence-corrected chi connectivity index (χ4v) is 2.53. The van der Waals surface area contributed by atoms with Gasteiger partial charge in [0, 0.05) is 28.0 Å². The van der Waals surface area contributed by atoms with Crippen LogP contribution in [0, 0.1) is 6.92 Å². The molecule has 0 atom stereocenters. The molecule has 6 heteroatoms. The average molecular weight is 388 g/mol. The number of carbonyl (C=O) groups is 2. The van der Waals surface area contributed by atoms with E-state index in [1.807, 2.05) is 19.1 Å². The van der Waals surface area contributed by atoms with Crippen LogP contribution in [0.25, 0.3) is 0 Å². The Labute approximate surface area is 149 Å². The second kappa shape index (κ2) is 8.31. The van der Waals surface area contributed by atoms with Crippen molar-refractivity contribution in [2.75, 3.05) is 17.2 Å². The van der Waals surface area contributed by atoms with Crippen molar-refractivity contribution in [2.24, 2.45) is 0 Å². The van der Waals surface area contributed by atoms with Crippen molar-refractivity contribution in [1.82, 2.24) is 5.32 Å². The van der Waals surface area contributed by atoms with Gasteiger partial charge in [0.15, 0.2) is 0 Å². The number of hydrogen-bond donors (Lipinski definition) is 3. The third-order valence-electron chi connectivity index (χ3n) is 3.24. The van der Waals surface area contributed by atoms with Crippen LogP contribution in [-0.4, -0.2) is 18.5 Å². The largest absolute Gasteiger partial charge is 0.334 e. The number of aryl methyl sites for hydroxylation is 1. The first kappa shape index (κ1) is 17.7. The van der Waals surface area contributed by atoms with E-state index < -0.39 is 0 Å². The first-order valence-electron chi connectivity index (χ1n) is 7.33. The highest BCUT2D eigenvalue weighted by molar-refractivity contribution is 9.10. The molecule has 2 aromatic rings. The van der Waals surface area contributed by atoms with Crippen LogP contribution in [0.4, 0.5) is 16.2 Å². The maximum absolute atomic E-state index is 12.3. The Balaban J connectivity index is 1.99. The van der Waals surface area contributed by atoms with Gasteiger partial charge in [0.25, 0.3) is 5.91 Å². The molecule has 0 aliphatic heterocycles. The summed E-state index contributed by atoms with van der Waals surface area (Å²) in [6.07, 6.45) is 1.60. The second-order valence-electron chi connectivity index (χ2n) is 5.11. The van der Waals surface area contributed by atoms with Crippen molar-refractivity contribution in [3.63, 3.8) is 0 Å². The fraction of sp³-hybridized carbons (Fsp3) is 0.111. The molecule has 2 aromatic carbocycles. The standard InChI is InChI=1S/C18H18BrN3O2/c1-3-10-20-18(24)22-15-7-5-14(6-8-15)21-17(23)16-9-4-13(19)11-12(16)2/h3-9,11H,1,10H2,2H3,(H,21,23)(H2,20,22,24). The third-order valence-corrected chi connectivity index (χ3v) is 3.73. The number of carbonyl (C=O) groups excluding carboxylic acids is 2. The van der Waals surface area contributed by atoms with Gasteiger partial charge in [0.05, 0.1) is 0 Å². The molecule has 0 spiro atoms. The highest BCUT2D eigenvalue weighted by atomic mass is 79.9. The summed E-state index contributed by atoms with van der Waals surface area (Å²) in [6, 6.07) is 12.1. The van der Waals surface area contributed by atoms with Crippen LogP contribution in [0.5, 0.6) is 0 Å². The molecule has 3 amide bonds. The SMILES string of the molecule is C=CCNC(=O)Nc1ccc(NC(=O)c2ccc(Br)cc2C)cc1. The fourth-order valence-electron chi connectivity index (χ4n) is 2.06. The number of anilines is 2. The lowest BCUT2D eigenvalue weighted by Gasteiger charge is -2.10. The topological polar surface area (TPSA) is 70.2 Å². The maximum Gasteiger partial charge on any atom is 0.319 e. The highest BCUT2D eigenvalue weighted by Gasteiger charge is 2.09. The number of urea groups is 1. The van der Waals surface area contributed by atoms with Crippen LogP contribution in [0.2, 0.25) is 0 Å². The van der Waals surface area contributed by atoms with E-state index in [-0.39, 0.29) is 11.9 Å². The van der Waals surface area contributed by atoms with Gasteiger partial charge >= 0.3 is 6.03 Å². The Hall–Kier alpha value is -2.60. The van der Waals surface area contributed by atoms with Crippen molar-refractivity contribution in [3.8, 4) is 0 Å². The summed E-state index contributed by atoms with van der Waals surface area (Å²) >= 11 is 3.38. The number of amides is 3. The number of benzene rings is 2. The molecule has 0 saturated carbocycles. The van der Waals surface area contributed by atoms with E-state index in [2.05, 4.69) is 38.5 Å². The zero-order chi connectivity index (χ0) is 17.5. The van der Waals surface area contributed by atoms with E-state index in [0.717, 1.165) is 10.0 Å². The zero-order valence-corrected chi connectivity index (χ0v) is 14.8. The maximum atomic E-state index is 12.3. The molecule has 24 heavy (non-hydrogen) atoms. The lowest BCUT2D eigenvalue weighted by Crippen LogP contribution is -2.28. The van der Waals surface area contributed by atoms with E-state index in [9.17, 15) is 9.59 Å². The van der Waals surface area contributed by atoms with Gasteiger partial charge in [0.1, 0.15) is 0 Å². The summed E-state index contributed by atoms with van der Waals surface area (Å²) in [4.78, 5) is 23.9. The summed E-state index contributed by atoms with van der Waals surface area (Å²) < 4.78 is 0.932. The quantitative estimate of drug-likeness (QED) is 0.668. The van der Waals surface area contributed by atoms with E-state index in [1.165, 1.54) is 0 Å². The van der Waals surface area contributed by atoms with Crippen LogP contribution < -0.4 is 16.0 Å². The normalized spacial score (nSPS) is 9.92. The van der Waals surface area contributed by atoms with Crippen molar-refractivity contribution < 1.29 is 9.59 Å². The first-order chi connectivity index (χ1) is 11.5. The lowest BCUT2D eigenvalue weighted by atomic mass is 10.1. The third kappa shape index (κ3) is 4.96. The Morgan fingerprint density at radius 3 is 2.29 bits per heavy atom. The molecule has 2 rings (SSSR count). The van der Waals surface area contributed by atoms with E-state index in [4.69, 9.17) is 0 Å². The van der Waals surface area contributed by atoms with E-state index >= 15 is 0 Å². The van der Waals surface area contributed by atoms with Gasteiger partial charge in [-0.2, -0.15) is 0 Å². The van der Waals surface area contributed by atoms with Crippen LogP contribution in [0.1, 0.15) is 15.9 Å². The molecule has 0 radical (unpaired) electrons. The van der Waals surface area contributed by atoms with Crippen molar-refractivity contribution in [2.45, 2.75) is 6.92 Å². The number of hydrogen-bond acceptors (Lipinski definition) is 2. The van der Waals surface area contributed by atoms with Crippen LogP contribution in [-0.2, 0) is 0 Å². The minimum Gasteiger partial charge on any atom is -0.334 e. The number of rotatable bonds is 5. The van der Waals surface area contributed by atoms with Crippen molar-refractivity contribution in [3.05, 3.63) is 70.7 Å². The smallest absolute Gasteiger partial charge is 0.319 e. The van der Waals surface area contributed by atoms with Gasteiger partial charge in [-0.1, -0.05) is 22.0 Å². The molecule has 3 N–H and O–H groups in total. The van der Waals surface area contributed by atoms with Gasteiger partial charge < -0.3 is 16.0 Å². The van der Waals surface area contributed by atoms with Crippen LogP contribution in [0.15, 0.2) is 59.6 Å². The van der Waals surface area contributed by atoms with Gasteiger partial charge in [0.2, 0.25) is 0 Å². The van der Waals surface area contributed by atoms with Crippen molar-refractivity contribution >= 4 is 39.2 Å². The van der Waals surface area contributed by atoms with Crippen LogP contribution >= 0.6 is 15.9 Å². The van der Waals surface area contributed by atoms with Crippen molar-refractivity contribution in [1.29, 1.82) is 0 Å². The molecule has 0 heterocycles. The number of halogens is 1. The summed E-state index contributed by atoms with van der Waals surface area (Å²) in [5.74, 6) is -0.176. The molecular formula is C18H18BrN3O2.